The monoisotopic (exact) mass is 340 g/mol. The van der Waals surface area contributed by atoms with Crippen molar-refractivity contribution in [2.24, 2.45) is 11.8 Å². The minimum atomic E-state index is -0.173. The number of nitrogens with one attached hydrogen (secondary N) is 2. The quantitative estimate of drug-likeness (QED) is 0.569. The van der Waals surface area contributed by atoms with Crippen LogP contribution in [0.25, 0.3) is 0 Å². The molecule has 108 valence electrons. The predicted molar refractivity (Wildman–Crippen MR) is 78.1 cm³/mol. The van der Waals surface area contributed by atoms with E-state index in [0.717, 1.165) is 10.9 Å². The average Bonchev–Trinajstić information content (AvgIpc) is 3.19. The zero-order valence-corrected chi connectivity index (χ0v) is 12.5. The zero-order chi connectivity index (χ0) is 14.1. The molecule has 3 rings (SSSR count). The van der Waals surface area contributed by atoms with Gasteiger partial charge < -0.3 is 15.5 Å². The number of carbonyl (C=O) groups is 1. The Morgan fingerprint density at radius 3 is 2.95 bits per heavy atom. The van der Waals surface area contributed by atoms with Gasteiger partial charge in [0.05, 0.1) is 17.7 Å². The van der Waals surface area contributed by atoms with Crippen LogP contribution in [-0.4, -0.2) is 29.6 Å². The summed E-state index contributed by atoms with van der Waals surface area (Å²) in [4.78, 5) is 16.5. The fraction of sp³-hybridized carbons (Fsp3) is 0.538. The fourth-order valence-corrected chi connectivity index (χ4v) is 2.96. The molecule has 2 aliphatic rings. The number of rotatable bonds is 4. The second-order valence-electron chi connectivity index (χ2n) is 5.24. The lowest BCUT2D eigenvalue weighted by Gasteiger charge is -2.20. The third-order valence-electron chi connectivity index (χ3n) is 3.77. The third kappa shape index (κ3) is 2.79. The number of nitrogens with two attached hydrogens (primary N) is 1. The second kappa shape index (κ2) is 5.67. The second-order valence-corrected chi connectivity index (χ2v) is 6.15. The molecular formula is C13H17BrN4O2. The van der Waals surface area contributed by atoms with Crippen molar-refractivity contribution in [3.05, 3.63) is 22.3 Å². The Morgan fingerprint density at radius 2 is 2.25 bits per heavy atom. The van der Waals surface area contributed by atoms with E-state index in [1.165, 1.54) is 12.8 Å². The molecule has 20 heavy (non-hydrogen) atoms. The van der Waals surface area contributed by atoms with Gasteiger partial charge in [0.2, 0.25) is 0 Å². The van der Waals surface area contributed by atoms with Gasteiger partial charge in [0, 0.05) is 17.3 Å². The van der Waals surface area contributed by atoms with Gasteiger partial charge in [0.1, 0.15) is 0 Å². The number of hydrogen-bond acceptors (Lipinski definition) is 5. The lowest BCUT2D eigenvalue weighted by molar-refractivity contribution is 0.0730. The number of amides is 1. The summed E-state index contributed by atoms with van der Waals surface area (Å²) in [6.45, 7) is 0.713. The van der Waals surface area contributed by atoms with E-state index in [9.17, 15) is 4.79 Å². The largest absolute Gasteiger partial charge is 0.376 e. The maximum atomic E-state index is 12.4. The van der Waals surface area contributed by atoms with Crippen LogP contribution in [0.5, 0.6) is 0 Å². The van der Waals surface area contributed by atoms with Crippen LogP contribution in [0, 0.1) is 5.92 Å². The van der Waals surface area contributed by atoms with Gasteiger partial charge >= 0.3 is 0 Å². The first-order chi connectivity index (χ1) is 9.69. The molecule has 6 nitrogen and oxygen atoms in total. The molecule has 0 spiro atoms. The molecule has 0 aromatic carbocycles. The lowest BCUT2D eigenvalue weighted by atomic mass is 10.1. The summed E-state index contributed by atoms with van der Waals surface area (Å²) in [5.41, 5.74) is 2.88. The van der Waals surface area contributed by atoms with Crippen molar-refractivity contribution in [1.29, 1.82) is 0 Å². The number of nitrogen functional groups attached to an aromatic ring is 1. The number of nitrogens with zero attached hydrogens (tertiary/aromatic N) is 1. The summed E-state index contributed by atoms with van der Waals surface area (Å²) in [6.07, 6.45) is 5.02. The van der Waals surface area contributed by atoms with Crippen LogP contribution < -0.4 is 16.6 Å². The molecule has 1 aromatic heterocycles. The summed E-state index contributed by atoms with van der Waals surface area (Å²) in [6, 6.07) is 1.79. The first-order valence-corrected chi connectivity index (χ1v) is 7.53. The van der Waals surface area contributed by atoms with Gasteiger partial charge in [-0.15, -0.1) is 0 Å². The van der Waals surface area contributed by atoms with E-state index in [4.69, 9.17) is 10.6 Å². The molecule has 1 aliphatic heterocycles. The molecule has 2 atom stereocenters. The SMILES string of the molecule is NNc1ncc(Br)cc1C(=O)NC1CCOC1C1CC1. The molecule has 1 aromatic rings. The molecule has 1 saturated carbocycles. The van der Waals surface area contributed by atoms with Gasteiger partial charge in [-0.25, -0.2) is 10.8 Å². The van der Waals surface area contributed by atoms with Gasteiger partial charge in [-0.1, -0.05) is 0 Å². The number of hydrazine groups is 1. The van der Waals surface area contributed by atoms with Crippen molar-refractivity contribution in [3.63, 3.8) is 0 Å². The summed E-state index contributed by atoms with van der Waals surface area (Å²) in [5.74, 6) is 6.20. The van der Waals surface area contributed by atoms with E-state index >= 15 is 0 Å². The van der Waals surface area contributed by atoms with Crippen molar-refractivity contribution in [1.82, 2.24) is 10.3 Å². The maximum Gasteiger partial charge on any atom is 0.255 e. The van der Waals surface area contributed by atoms with Crippen molar-refractivity contribution in [2.75, 3.05) is 12.0 Å². The summed E-state index contributed by atoms with van der Waals surface area (Å²) < 4.78 is 6.47. The van der Waals surface area contributed by atoms with E-state index in [1.54, 1.807) is 12.3 Å². The van der Waals surface area contributed by atoms with E-state index in [-0.39, 0.29) is 18.1 Å². The van der Waals surface area contributed by atoms with E-state index in [0.29, 0.717) is 23.9 Å². The Labute approximate surface area is 125 Å². The highest BCUT2D eigenvalue weighted by molar-refractivity contribution is 9.10. The number of pyridine rings is 1. The Balaban J connectivity index is 1.74. The topological polar surface area (TPSA) is 89.3 Å². The smallest absolute Gasteiger partial charge is 0.255 e. The number of aromatic nitrogens is 1. The average molecular weight is 341 g/mol. The van der Waals surface area contributed by atoms with Crippen LogP contribution in [0.15, 0.2) is 16.7 Å². The molecule has 2 heterocycles. The van der Waals surface area contributed by atoms with Crippen molar-refractivity contribution >= 4 is 27.7 Å². The van der Waals surface area contributed by atoms with Gasteiger partial charge in [0.25, 0.3) is 5.91 Å². The summed E-state index contributed by atoms with van der Waals surface area (Å²) >= 11 is 3.32. The normalized spacial score (nSPS) is 25.5. The van der Waals surface area contributed by atoms with Gasteiger partial charge in [-0.2, -0.15) is 0 Å². The lowest BCUT2D eigenvalue weighted by Crippen LogP contribution is -2.41. The summed E-state index contributed by atoms with van der Waals surface area (Å²) in [7, 11) is 0. The molecule has 0 bridgehead atoms. The van der Waals surface area contributed by atoms with Gasteiger partial charge in [0.15, 0.2) is 5.82 Å². The molecule has 1 amide bonds. The Kier molecular flexibility index (Phi) is 3.91. The molecule has 1 aliphatic carbocycles. The highest BCUT2D eigenvalue weighted by Gasteiger charge is 2.41. The van der Waals surface area contributed by atoms with E-state index in [1.807, 2.05) is 0 Å². The number of carbonyl (C=O) groups excluding carboxylic acids is 1. The molecular weight excluding hydrogens is 324 g/mol. The van der Waals surface area contributed by atoms with Crippen molar-refractivity contribution in [2.45, 2.75) is 31.4 Å². The van der Waals surface area contributed by atoms with Gasteiger partial charge in [-0.3, -0.25) is 4.79 Å². The van der Waals surface area contributed by atoms with Crippen molar-refractivity contribution in [3.8, 4) is 0 Å². The molecule has 7 heteroatoms. The number of anilines is 1. The van der Waals surface area contributed by atoms with Crippen LogP contribution in [0.2, 0.25) is 0 Å². The van der Waals surface area contributed by atoms with Crippen LogP contribution in [0.4, 0.5) is 5.82 Å². The number of ether oxygens (including phenoxy) is 1. The highest BCUT2D eigenvalue weighted by atomic mass is 79.9. The standard InChI is InChI=1S/C13H17BrN4O2/c14-8-5-9(12(18-15)16-6-8)13(19)17-10-3-4-20-11(10)7-1-2-7/h5-7,10-11H,1-4,15H2,(H,16,18)(H,17,19). The highest BCUT2D eigenvalue weighted by Crippen LogP contribution is 2.38. The van der Waals surface area contributed by atoms with E-state index < -0.39 is 0 Å². The molecule has 1 saturated heterocycles. The first kappa shape index (κ1) is 13.8. The van der Waals surface area contributed by atoms with Crippen LogP contribution in [0.1, 0.15) is 29.6 Å². The predicted octanol–water partition coefficient (Wildman–Crippen LogP) is 1.43. The Bertz CT molecular complexity index is 521. The Hall–Kier alpha value is -1.18. The van der Waals surface area contributed by atoms with Gasteiger partial charge in [-0.05, 0) is 47.2 Å². The number of hydrogen-bond donors (Lipinski definition) is 3. The minimum Gasteiger partial charge on any atom is -0.376 e. The molecule has 0 radical (unpaired) electrons. The van der Waals surface area contributed by atoms with E-state index in [2.05, 4.69) is 31.7 Å². The fourth-order valence-electron chi connectivity index (χ4n) is 2.63. The van der Waals surface area contributed by atoms with Crippen LogP contribution >= 0.6 is 15.9 Å². The number of halogens is 1. The zero-order valence-electron chi connectivity index (χ0n) is 10.9. The molecule has 2 fully saturated rings. The maximum absolute atomic E-state index is 12.4. The Morgan fingerprint density at radius 1 is 1.45 bits per heavy atom. The van der Waals surface area contributed by atoms with Crippen molar-refractivity contribution < 1.29 is 9.53 Å². The van der Waals surface area contributed by atoms with Crippen LogP contribution in [0.3, 0.4) is 0 Å². The van der Waals surface area contributed by atoms with Crippen LogP contribution in [-0.2, 0) is 4.74 Å². The molecule has 2 unspecified atom stereocenters. The minimum absolute atomic E-state index is 0.0830. The molecule has 4 N–H and O–H groups in total. The first-order valence-electron chi connectivity index (χ1n) is 6.73. The third-order valence-corrected chi connectivity index (χ3v) is 4.21. The summed E-state index contributed by atoms with van der Waals surface area (Å²) in [5, 5.41) is 3.05.